The van der Waals surface area contributed by atoms with Crippen LogP contribution in [0.2, 0.25) is 0 Å². The van der Waals surface area contributed by atoms with Gasteiger partial charge in [0, 0.05) is 23.7 Å². The monoisotopic (exact) mass is 313 g/mol. The van der Waals surface area contributed by atoms with Crippen molar-refractivity contribution >= 4 is 28.2 Å². The number of aromatic nitrogens is 4. The van der Waals surface area contributed by atoms with Crippen LogP contribution >= 0.6 is 0 Å². The van der Waals surface area contributed by atoms with Gasteiger partial charge >= 0.3 is 6.09 Å². The predicted molar refractivity (Wildman–Crippen MR) is 86.2 cm³/mol. The fraction of sp³-hybridized carbons (Fsp3) is 0.438. The van der Waals surface area contributed by atoms with Gasteiger partial charge in [0.15, 0.2) is 0 Å². The second kappa shape index (κ2) is 5.57. The summed E-state index contributed by atoms with van der Waals surface area (Å²) in [5.74, 6) is 0. The van der Waals surface area contributed by atoms with E-state index in [2.05, 4.69) is 29.6 Å². The number of nitrogens with zero attached hydrogens (tertiary/aromatic N) is 3. The second-order valence-electron chi connectivity index (χ2n) is 6.03. The highest BCUT2D eigenvalue weighted by Gasteiger charge is 2.25. The van der Waals surface area contributed by atoms with Crippen LogP contribution in [0.5, 0.6) is 0 Å². The van der Waals surface area contributed by atoms with Crippen LogP contribution in [0.4, 0.5) is 4.79 Å². The average molecular weight is 313 g/mol. The standard InChI is InChI=1S/C16H19N5O2/c1-23-16(22)20-10-2-4-11(5-3-10)21-9-19-13-8-18-15-12(14(13)21)6-7-17-15/h6-11H,2-5H2,1H3,(H,17,18)(H,20,22). The van der Waals surface area contributed by atoms with Gasteiger partial charge < -0.3 is 19.6 Å². The molecule has 1 aliphatic rings. The van der Waals surface area contributed by atoms with Crippen molar-refractivity contribution in [3.05, 3.63) is 24.8 Å². The summed E-state index contributed by atoms with van der Waals surface area (Å²) >= 11 is 0. The number of methoxy groups -OCH3 is 1. The number of rotatable bonds is 2. The van der Waals surface area contributed by atoms with E-state index in [0.717, 1.165) is 47.8 Å². The molecule has 0 atom stereocenters. The van der Waals surface area contributed by atoms with Gasteiger partial charge in [-0.15, -0.1) is 0 Å². The van der Waals surface area contributed by atoms with Gasteiger partial charge in [0.25, 0.3) is 0 Å². The Hall–Kier alpha value is -2.57. The maximum atomic E-state index is 11.3. The summed E-state index contributed by atoms with van der Waals surface area (Å²) < 4.78 is 6.94. The molecular weight excluding hydrogens is 294 g/mol. The van der Waals surface area contributed by atoms with E-state index >= 15 is 0 Å². The molecule has 7 nitrogen and oxygen atoms in total. The van der Waals surface area contributed by atoms with Crippen LogP contribution in [0.3, 0.4) is 0 Å². The number of aromatic amines is 1. The van der Waals surface area contributed by atoms with E-state index < -0.39 is 0 Å². The highest BCUT2D eigenvalue weighted by Crippen LogP contribution is 2.33. The highest BCUT2D eigenvalue weighted by molar-refractivity contribution is 6.00. The fourth-order valence-corrected chi connectivity index (χ4v) is 3.53. The third-order valence-electron chi connectivity index (χ3n) is 4.72. The molecule has 2 N–H and O–H groups in total. The van der Waals surface area contributed by atoms with Crippen LogP contribution in [-0.4, -0.2) is 38.8 Å². The first kappa shape index (κ1) is 14.0. The van der Waals surface area contributed by atoms with Gasteiger partial charge in [-0.05, 0) is 31.7 Å². The lowest BCUT2D eigenvalue weighted by atomic mass is 9.91. The molecule has 120 valence electrons. The Morgan fingerprint density at radius 1 is 1.35 bits per heavy atom. The van der Waals surface area contributed by atoms with E-state index in [1.54, 1.807) is 0 Å². The van der Waals surface area contributed by atoms with Crippen molar-refractivity contribution in [3.63, 3.8) is 0 Å². The van der Waals surface area contributed by atoms with Crippen molar-refractivity contribution < 1.29 is 9.53 Å². The van der Waals surface area contributed by atoms with E-state index in [0.29, 0.717) is 6.04 Å². The van der Waals surface area contributed by atoms with Crippen molar-refractivity contribution in [1.82, 2.24) is 24.8 Å². The van der Waals surface area contributed by atoms with Gasteiger partial charge in [-0.1, -0.05) is 0 Å². The molecule has 0 spiro atoms. The first-order valence-electron chi connectivity index (χ1n) is 7.89. The Morgan fingerprint density at radius 2 is 2.17 bits per heavy atom. The number of carbonyl (C=O) groups excluding carboxylic acids is 1. The van der Waals surface area contributed by atoms with E-state index in [1.807, 2.05) is 24.8 Å². The molecule has 1 fully saturated rings. The molecule has 0 saturated heterocycles. The van der Waals surface area contributed by atoms with Gasteiger partial charge in [0.05, 0.1) is 25.2 Å². The van der Waals surface area contributed by atoms with Gasteiger partial charge in [0.1, 0.15) is 11.2 Å². The summed E-state index contributed by atoms with van der Waals surface area (Å²) in [6.07, 6.45) is 9.20. The summed E-state index contributed by atoms with van der Waals surface area (Å²) in [5.41, 5.74) is 2.95. The number of hydrogen-bond donors (Lipinski definition) is 2. The third-order valence-corrected chi connectivity index (χ3v) is 4.72. The van der Waals surface area contributed by atoms with Crippen LogP contribution in [-0.2, 0) is 4.74 Å². The molecule has 3 aromatic heterocycles. The normalized spacial score (nSPS) is 21.6. The maximum Gasteiger partial charge on any atom is 0.407 e. The number of H-pyrrole nitrogens is 1. The van der Waals surface area contributed by atoms with Crippen molar-refractivity contribution in [2.75, 3.05) is 7.11 Å². The Labute approximate surface area is 133 Å². The van der Waals surface area contributed by atoms with Crippen LogP contribution in [0.1, 0.15) is 31.7 Å². The number of pyridine rings is 1. The first-order valence-corrected chi connectivity index (χ1v) is 7.89. The number of alkyl carbamates (subject to hydrolysis) is 1. The van der Waals surface area contributed by atoms with E-state index in [4.69, 9.17) is 0 Å². The lowest BCUT2D eigenvalue weighted by Crippen LogP contribution is -2.37. The summed E-state index contributed by atoms with van der Waals surface area (Å²) in [6.45, 7) is 0. The quantitative estimate of drug-likeness (QED) is 0.762. The minimum absolute atomic E-state index is 0.197. The first-order chi connectivity index (χ1) is 11.3. The minimum atomic E-state index is -0.346. The molecule has 7 heteroatoms. The summed E-state index contributed by atoms with van der Waals surface area (Å²) in [7, 11) is 1.40. The summed E-state index contributed by atoms with van der Waals surface area (Å²) in [4.78, 5) is 23.4. The zero-order valence-corrected chi connectivity index (χ0v) is 13.0. The average Bonchev–Trinajstić information content (AvgIpc) is 3.21. The Morgan fingerprint density at radius 3 is 2.96 bits per heavy atom. The number of ether oxygens (including phenoxy) is 1. The Bertz CT molecular complexity index is 845. The maximum absolute atomic E-state index is 11.3. The van der Waals surface area contributed by atoms with E-state index in [1.165, 1.54) is 7.11 Å². The van der Waals surface area contributed by atoms with Crippen LogP contribution in [0.25, 0.3) is 22.1 Å². The molecule has 3 heterocycles. The molecule has 4 rings (SSSR count). The largest absolute Gasteiger partial charge is 0.453 e. The van der Waals surface area contributed by atoms with Gasteiger partial charge in [-0.2, -0.15) is 0 Å². The Kier molecular flexibility index (Phi) is 3.40. The lowest BCUT2D eigenvalue weighted by molar-refractivity contribution is 0.161. The topological polar surface area (TPSA) is 84.8 Å². The van der Waals surface area contributed by atoms with Crippen LogP contribution in [0.15, 0.2) is 24.8 Å². The molecule has 3 aromatic rings. The molecule has 0 aromatic carbocycles. The summed E-state index contributed by atoms with van der Waals surface area (Å²) in [5, 5.41) is 4.00. The van der Waals surface area contributed by atoms with Crippen molar-refractivity contribution in [3.8, 4) is 0 Å². The number of imidazole rings is 1. The summed E-state index contributed by atoms with van der Waals surface area (Å²) in [6, 6.07) is 2.64. The van der Waals surface area contributed by atoms with Gasteiger partial charge in [0.2, 0.25) is 0 Å². The second-order valence-corrected chi connectivity index (χ2v) is 6.03. The molecule has 0 bridgehead atoms. The van der Waals surface area contributed by atoms with Gasteiger partial charge in [-0.3, -0.25) is 0 Å². The fourth-order valence-electron chi connectivity index (χ4n) is 3.53. The highest BCUT2D eigenvalue weighted by atomic mass is 16.5. The Balaban J connectivity index is 1.59. The molecule has 0 unspecified atom stereocenters. The zero-order valence-electron chi connectivity index (χ0n) is 13.0. The van der Waals surface area contributed by atoms with Crippen molar-refractivity contribution in [2.45, 2.75) is 37.8 Å². The van der Waals surface area contributed by atoms with Crippen molar-refractivity contribution in [2.24, 2.45) is 0 Å². The molecule has 1 amide bonds. The smallest absolute Gasteiger partial charge is 0.407 e. The molecule has 23 heavy (non-hydrogen) atoms. The number of nitrogens with one attached hydrogen (secondary N) is 2. The van der Waals surface area contributed by atoms with Crippen LogP contribution < -0.4 is 5.32 Å². The number of fused-ring (bicyclic) bond motifs is 3. The SMILES string of the molecule is COC(=O)NC1CCC(n2cnc3cnc4[nH]ccc4c32)CC1. The number of amides is 1. The van der Waals surface area contributed by atoms with Crippen LogP contribution in [0, 0.1) is 0 Å². The van der Waals surface area contributed by atoms with E-state index in [9.17, 15) is 4.79 Å². The number of hydrogen-bond acceptors (Lipinski definition) is 4. The minimum Gasteiger partial charge on any atom is -0.453 e. The van der Waals surface area contributed by atoms with Crippen molar-refractivity contribution in [1.29, 1.82) is 0 Å². The van der Waals surface area contributed by atoms with Gasteiger partial charge in [-0.25, -0.2) is 14.8 Å². The molecular formula is C16H19N5O2. The molecule has 0 radical (unpaired) electrons. The molecule has 1 saturated carbocycles. The lowest BCUT2D eigenvalue weighted by Gasteiger charge is -2.29. The zero-order chi connectivity index (χ0) is 15.8. The third kappa shape index (κ3) is 2.42. The number of carbonyl (C=O) groups is 1. The van der Waals surface area contributed by atoms with E-state index in [-0.39, 0.29) is 12.1 Å². The molecule has 1 aliphatic carbocycles. The predicted octanol–water partition coefficient (Wildman–Crippen LogP) is 2.75. The molecule has 0 aliphatic heterocycles.